The fourth-order valence-electron chi connectivity index (χ4n) is 1.67. The van der Waals surface area contributed by atoms with Crippen molar-refractivity contribution in [3.8, 4) is 0 Å². The minimum atomic E-state index is -0.229. The van der Waals surface area contributed by atoms with Gasteiger partial charge in [-0.15, -0.1) is 0 Å². The molecule has 0 aliphatic heterocycles. The zero-order valence-corrected chi connectivity index (χ0v) is 12.1. The van der Waals surface area contributed by atoms with Gasteiger partial charge in [0.1, 0.15) is 0 Å². The van der Waals surface area contributed by atoms with Crippen molar-refractivity contribution in [2.24, 2.45) is 0 Å². The van der Waals surface area contributed by atoms with E-state index in [0.29, 0.717) is 11.2 Å². The molecule has 2 heteroatoms. The van der Waals surface area contributed by atoms with Crippen LogP contribution >= 0.6 is 11.8 Å². The van der Waals surface area contributed by atoms with Crippen LogP contribution in [0, 0.1) is 0 Å². The topological polar surface area (TPSA) is 20.2 Å². The van der Waals surface area contributed by atoms with Crippen molar-refractivity contribution in [1.82, 2.24) is 0 Å². The SMILES string of the molecule is CC(C)SCC(O)Cc1ccc(C(C)C)cc1. The van der Waals surface area contributed by atoms with Gasteiger partial charge >= 0.3 is 0 Å². The Morgan fingerprint density at radius 1 is 1.06 bits per heavy atom. The number of thioether (sulfide) groups is 1. The highest BCUT2D eigenvalue weighted by Gasteiger charge is 2.07. The molecular formula is C15H24OS. The molecule has 1 N–H and O–H groups in total. The van der Waals surface area contributed by atoms with Gasteiger partial charge in [0, 0.05) is 5.75 Å². The van der Waals surface area contributed by atoms with E-state index in [1.807, 2.05) is 11.8 Å². The van der Waals surface area contributed by atoms with E-state index < -0.39 is 0 Å². The maximum Gasteiger partial charge on any atom is 0.0670 e. The molecule has 0 aromatic heterocycles. The van der Waals surface area contributed by atoms with Gasteiger partial charge in [0.15, 0.2) is 0 Å². The summed E-state index contributed by atoms with van der Waals surface area (Å²) in [7, 11) is 0. The van der Waals surface area contributed by atoms with Gasteiger partial charge < -0.3 is 5.11 Å². The lowest BCUT2D eigenvalue weighted by Gasteiger charge is -2.13. The standard InChI is InChI=1S/C15H24OS/c1-11(2)14-7-5-13(6-8-14)9-15(16)10-17-12(3)4/h5-8,11-12,15-16H,9-10H2,1-4H3. The highest BCUT2D eigenvalue weighted by molar-refractivity contribution is 7.99. The molecule has 1 rings (SSSR count). The average Bonchev–Trinajstić information content (AvgIpc) is 2.27. The molecule has 0 bridgehead atoms. The molecule has 1 aromatic rings. The predicted octanol–water partition coefficient (Wildman–Crippen LogP) is 3.86. The number of aliphatic hydroxyl groups is 1. The zero-order valence-electron chi connectivity index (χ0n) is 11.3. The van der Waals surface area contributed by atoms with E-state index in [2.05, 4.69) is 52.0 Å². The third kappa shape index (κ3) is 5.60. The van der Waals surface area contributed by atoms with E-state index in [9.17, 15) is 5.11 Å². The number of hydrogen-bond acceptors (Lipinski definition) is 2. The molecule has 1 nitrogen and oxygen atoms in total. The Kier molecular flexibility index (Phi) is 6.07. The highest BCUT2D eigenvalue weighted by atomic mass is 32.2. The molecule has 0 spiro atoms. The second-order valence-corrected chi connectivity index (χ2v) is 6.75. The van der Waals surface area contributed by atoms with Crippen LogP contribution in [0.15, 0.2) is 24.3 Å². The molecular weight excluding hydrogens is 228 g/mol. The smallest absolute Gasteiger partial charge is 0.0670 e. The number of benzene rings is 1. The minimum Gasteiger partial charge on any atom is -0.392 e. The fourth-order valence-corrected chi connectivity index (χ4v) is 2.40. The van der Waals surface area contributed by atoms with Gasteiger partial charge in [-0.2, -0.15) is 11.8 Å². The Bertz CT molecular complexity index is 316. The molecule has 0 saturated heterocycles. The number of hydrogen-bond donors (Lipinski definition) is 1. The summed E-state index contributed by atoms with van der Waals surface area (Å²) in [6.45, 7) is 8.72. The second kappa shape index (κ2) is 7.07. The summed E-state index contributed by atoms with van der Waals surface area (Å²) in [5.74, 6) is 1.40. The van der Waals surface area contributed by atoms with Crippen LogP contribution in [-0.4, -0.2) is 22.2 Å². The Labute approximate surface area is 110 Å². The van der Waals surface area contributed by atoms with Crippen molar-refractivity contribution < 1.29 is 5.11 Å². The van der Waals surface area contributed by atoms with Gasteiger partial charge in [-0.05, 0) is 28.7 Å². The molecule has 0 saturated carbocycles. The van der Waals surface area contributed by atoms with Gasteiger partial charge in [-0.3, -0.25) is 0 Å². The molecule has 0 aliphatic rings. The fraction of sp³-hybridized carbons (Fsp3) is 0.600. The molecule has 96 valence electrons. The quantitative estimate of drug-likeness (QED) is 0.829. The summed E-state index contributed by atoms with van der Waals surface area (Å²) in [5.41, 5.74) is 2.59. The number of rotatable bonds is 6. The summed E-state index contributed by atoms with van der Waals surface area (Å²) in [4.78, 5) is 0. The van der Waals surface area contributed by atoms with Crippen LogP contribution in [-0.2, 0) is 6.42 Å². The Morgan fingerprint density at radius 3 is 2.12 bits per heavy atom. The number of aliphatic hydroxyl groups excluding tert-OH is 1. The lowest BCUT2D eigenvalue weighted by atomic mass is 10.00. The Morgan fingerprint density at radius 2 is 1.65 bits per heavy atom. The van der Waals surface area contributed by atoms with Crippen molar-refractivity contribution in [2.45, 2.75) is 51.4 Å². The van der Waals surface area contributed by atoms with Crippen LogP contribution in [0.1, 0.15) is 44.7 Å². The van der Waals surface area contributed by atoms with Crippen LogP contribution < -0.4 is 0 Å². The lowest BCUT2D eigenvalue weighted by molar-refractivity contribution is 0.200. The van der Waals surface area contributed by atoms with Crippen LogP contribution in [0.25, 0.3) is 0 Å². The van der Waals surface area contributed by atoms with E-state index in [-0.39, 0.29) is 6.10 Å². The van der Waals surface area contributed by atoms with Gasteiger partial charge in [-0.1, -0.05) is 52.0 Å². The van der Waals surface area contributed by atoms with Crippen LogP contribution in [0.2, 0.25) is 0 Å². The maximum atomic E-state index is 9.91. The molecule has 0 fully saturated rings. The summed E-state index contributed by atoms with van der Waals surface area (Å²) in [6, 6.07) is 8.61. The van der Waals surface area contributed by atoms with Crippen LogP contribution in [0.4, 0.5) is 0 Å². The van der Waals surface area contributed by atoms with Crippen LogP contribution in [0.5, 0.6) is 0 Å². The normalized spacial score (nSPS) is 13.4. The van der Waals surface area contributed by atoms with E-state index in [4.69, 9.17) is 0 Å². The largest absolute Gasteiger partial charge is 0.392 e. The molecule has 0 radical (unpaired) electrons. The molecule has 0 aliphatic carbocycles. The molecule has 1 atom stereocenters. The first-order chi connectivity index (χ1) is 7.99. The monoisotopic (exact) mass is 252 g/mol. The van der Waals surface area contributed by atoms with E-state index >= 15 is 0 Å². The third-order valence-corrected chi connectivity index (χ3v) is 3.98. The van der Waals surface area contributed by atoms with Gasteiger partial charge in [0.2, 0.25) is 0 Å². The average molecular weight is 252 g/mol. The van der Waals surface area contributed by atoms with E-state index in [0.717, 1.165) is 12.2 Å². The summed E-state index contributed by atoms with van der Waals surface area (Å²) in [5, 5.41) is 10.5. The van der Waals surface area contributed by atoms with E-state index in [1.54, 1.807) is 0 Å². The van der Waals surface area contributed by atoms with Crippen molar-refractivity contribution >= 4 is 11.8 Å². The molecule has 1 aromatic carbocycles. The molecule has 0 amide bonds. The van der Waals surface area contributed by atoms with Gasteiger partial charge in [0.05, 0.1) is 6.10 Å². The van der Waals surface area contributed by atoms with Crippen molar-refractivity contribution in [3.63, 3.8) is 0 Å². The third-order valence-electron chi connectivity index (χ3n) is 2.74. The Hall–Kier alpha value is -0.470. The first-order valence-electron chi connectivity index (χ1n) is 6.37. The second-order valence-electron chi connectivity index (χ2n) is 5.14. The van der Waals surface area contributed by atoms with Crippen molar-refractivity contribution in [2.75, 3.05) is 5.75 Å². The maximum absolute atomic E-state index is 9.91. The summed E-state index contributed by atoms with van der Waals surface area (Å²) >= 11 is 1.82. The van der Waals surface area contributed by atoms with Gasteiger partial charge in [-0.25, -0.2) is 0 Å². The minimum absolute atomic E-state index is 0.229. The van der Waals surface area contributed by atoms with Gasteiger partial charge in [0.25, 0.3) is 0 Å². The first-order valence-corrected chi connectivity index (χ1v) is 7.42. The first kappa shape index (κ1) is 14.6. The lowest BCUT2D eigenvalue weighted by Crippen LogP contribution is -2.14. The summed E-state index contributed by atoms with van der Waals surface area (Å²) < 4.78 is 0. The predicted molar refractivity (Wildman–Crippen MR) is 77.8 cm³/mol. The van der Waals surface area contributed by atoms with Crippen LogP contribution in [0.3, 0.4) is 0 Å². The highest BCUT2D eigenvalue weighted by Crippen LogP contribution is 2.17. The zero-order chi connectivity index (χ0) is 12.8. The molecule has 17 heavy (non-hydrogen) atoms. The van der Waals surface area contributed by atoms with E-state index in [1.165, 1.54) is 11.1 Å². The molecule has 1 unspecified atom stereocenters. The van der Waals surface area contributed by atoms with Crippen molar-refractivity contribution in [1.29, 1.82) is 0 Å². The van der Waals surface area contributed by atoms with Crippen molar-refractivity contribution in [3.05, 3.63) is 35.4 Å². The Balaban J connectivity index is 2.45. The summed E-state index contributed by atoms with van der Waals surface area (Å²) in [6.07, 6.45) is 0.533. The molecule has 0 heterocycles.